The summed E-state index contributed by atoms with van der Waals surface area (Å²) in [6.07, 6.45) is -0.722. The molecule has 0 aliphatic heterocycles. The van der Waals surface area contributed by atoms with Gasteiger partial charge in [0.1, 0.15) is 11.6 Å². The molecule has 0 fully saturated rings. The smallest absolute Gasteiger partial charge is 0.124 e. The second kappa shape index (κ2) is 8.94. The van der Waals surface area contributed by atoms with Crippen LogP contribution in [-0.4, -0.2) is 25.4 Å². The summed E-state index contributed by atoms with van der Waals surface area (Å²) in [7, 11) is 3.28. The molecule has 2 rings (SSSR count). The number of aliphatic hydroxyl groups excluding tert-OH is 1. The molecule has 0 aromatic heterocycles. The highest BCUT2D eigenvalue weighted by Gasteiger charge is 2.19. The van der Waals surface area contributed by atoms with E-state index in [1.54, 1.807) is 26.4 Å². The molecule has 0 spiro atoms. The van der Waals surface area contributed by atoms with Gasteiger partial charge in [0.15, 0.2) is 0 Å². The molecule has 25 heavy (non-hydrogen) atoms. The number of ether oxygens (including phenoxy) is 2. The van der Waals surface area contributed by atoms with E-state index in [0.717, 1.165) is 16.9 Å². The lowest BCUT2D eigenvalue weighted by atomic mass is 10.00. The van der Waals surface area contributed by atoms with Crippen LogP contribution in [0.3, 0.4) is 0 Å². The third-order valence-electron chi connectivity index (χ3n) is 4.30. The van der Waals surface area contributed by atoms with Gasteiger partial charge >= 0.3 is 0 Å². The molecule has 0 amide bonds. The lowest BCUT2D eigenvalue weighted by molar-refractivity contribution is 0.130. The summed E-state index contributed by atoms with van der Waals surface area (Å²) < 4.78 is 23.6. The second-order valence-corrected chi connectivity index (χ2v) is 6.18. The van der Waals surface area contributed by atoms with E-state index in [-0.39, 0.29) is 17.9 Å². The molecule has 0 heterocycles. The van der Waals surface area contributed by atoms with Crippen molar-refractivity contribution in [2.75, 3.05) is 14.2 Å². The fraction of sp³-hybridized carbons (Fsp3) is 0.400. The van der Waals surface area contributed by atoms with Gasteiger partial charge in [0.05, 0.1) is 19.8 Å². The number of halogens is 1. The van der Waals surface area contributed by atoms with Crippen LogP contribution in [0.15, 0.2) is 42.5 Å². The van der Waals surface area contributed by atoms with E-state index in [2.05, 4.69) is 5.32 Å². The van der Waals surface area contributed by atoms with Crippen LogP contribution in [0.25, 0.3) is 0 Å². The van der Waals surface area contributed by atoms with Crippen LogP contribution in [-0.2, 0) is 11.3 Å². The molecule has 4 nitrogen and oxygen atoms in total. The Bertz CT molecular complexity index is 675. The van der Waals surface area contributed by atoms with Gasteiger partial charge in [0.2, 0.25) is 0 Å². The minimum Gasteiger partial charge on any atom is -0.496 e. The average Bonchev–Trinajstić information content (AvgIpc) is 2.61. The summed E-state index contributed by atoms with van der Waals surface area (Å²) in [4.78, 5) is 0. The van der Waals surface area contributed by atoms with Crippen LogP contribution in [0.2, 0.25) is 0 Å². The zero-order valence-electron chi connectivity index (χ0n) is 15.1. The third kappa shape index (κ3) is 5.01. The Morgan fingerprint density at radius 3 is 2.28 bits per heavy atom. The van der Waals surface area contributed by atoms with Gasteiger partial charge < -0.3 is 19.9 Å². The van der Waals surface area contributed by atoms with Crippen molar-refractivity contribution in [1.29, 1.82) is 0 Å². The molecular formula is C20H26FNO3. The SMILES string of the molecule is COCc1cc(C(C)NC(C)C(O)c2ccc(F)cc2)ccc1OC. The Balaban J connectivity index is 2.08. The van der Waals surface area contributed by atoms with E-state index in [4.69, 9.17) is 9.47 Å². The van der Waals surface area contributed by atoms with Crippen molar-refractivity contribution in [2.45, 2.75) is 38.6 Å². The van der Waals surface area contributed by atoms with Gasteiger partial charge in [0, 0.05) is 24.8 Å². The van der Waals surface area contributed by atoms with Crippen molar-refractivity contribution in [3.8, 4) is 5.75 Å². The zero-order valence-corrected chi connectivity index (χ0v) is 15.1. The maximum absolute atomic E-state index is 13.0. The number of benzene rings is 2. The summed E-state index contributed by atoms with van der Waals surface area (Å²) in [6, 6.07) is 11.7. The molecule has 2 N–H and O–H groups in total. The van der Waals surface area contributed by atoms with Gasteiger partial charge in [-0.25, -0.2) is 4.39 Å². The standard InChI is InChI=1S/C20H26FNO3/c1-13(16-7-10-19(25-4)17(11-16)12-24-3)22-14(2)20(23)15-5-8-18(21)9-6-15/h5-11,13-14,20,22-23H,12H2,1-4H3. The van der Waals surface area contributed by atoms with E-state index in [1.165, 1.54) is 12.1 Å². The van der Waals surface area contributed by atoms with E-state index in [1.807, 2.05) is 32.0 Å². The van der Waals surface area contributed by atoms with Crippen molar-refractivity contribution in [1.82, 2.24) is 5.32 Å². The Hall–Kier alpha value is -1.95. The van der Waals surface area contributed by atoms with Crippen LogP contribution >= 0.6 is 0 Å². The van der Waals surface area contributed by atoms with Crippen molar-refractivity contribution in [2.24, 2.45) is 0 Å². The van der Waals surface area contributed by atoms with Crippen molar-refractivity contribution < 1.29 is 19.0 Å². The molecule has 0 saturated carbocycles. The number of hydrogen-bond acceptors (Lipinski definition) is 4. The topological polar surface area (TPSA) is 50.7 Å². The van der Waals surface area contributed by atoms with Crippen LogP contribution in [0, 0.1) is 5.82 Å². The zero-order chi connectivity index (χ0) is 18.4. The Labute approximate surface area is 148 Å². The fourth-order valence-electron chi connectivity index (χ4n) is 2.87. The van der Waals surface area contributed by atoms with Crippen LogP contribution in [0.5, 0.6) is 5.75 Å². The van der Waals surface area contributed by atoms with Crippen LogP contribution in [0.4, 0.5) is 4.39 Å². The Morgan fingerprint density at radius 1 is 1.04 bits per heavy atom. The lowest BCUT2D eigenvalue weighted by Gasteiger charge is -2.25. The fourth-order valence-corrected chi connectivity index (χ4v) is 2.87. The monoisotopic (exact) mass is 347 g/mol. The summed E-state index contributed by atoms with van der Waals surface area (Å²) in [5, 5.41) is 13.9. The average molecular weight is 347 g/mol. The highest BCUT2D eigenvalue weighted by molar-refractivity contribution is 5.38. The van der Waals surface area contributed by atoms with E-state index in [0.29, 0.717) is 12.2 Å². The molecule has 3 atom stereocenters. The molecule has 0 aliphatic rings. The summed E-state index contributed by atoms with van der Waals surface area (Å²) in [5.41, 5.74) is 2.73. The minimum absolute atomic E-state index is 0.0200. The molecule has 0 saturated heterocycles. The third-order valence-corrected chi connectivity index (χ3v) is 4.30. The molecule has 2 aromatic carbocycles. The van der Waals surface area contributed by atoms with Crippen LogP contribution < -0.4 is 10.1 Å². The number of nitrogens with one attached hydrogen (secondary N) is 1. The molecule has 5 heteroatoms. The molecule has 2 aromatic rings. The quantitative estimate of drug-likeness (QED) is 0.763. The largest absolute Gasteiger partial charge is 0.496 e. The highest BCUT2D eigenvalue weighted by atomic mass is 19.1. The normalized spacial score (nSPS) is 14.8. The van der Waals surface area contributed by atoms with E-state index < -0.39 is 6.10 Å². The number of rotatable bonds is 8. The van der Waals surface area contributed by atoms with Crippen molar-refractivity contribution in [3.63, 3.8) is 0 Å². The Kier molecular flexibility index (Phi) is 6.93. The highest BCUT2D eigenvalue weighted by Crippen LogP contribution is 2.25. The van der Waals surface area contributed by atoms with Gasteiger partial charge in [-0.3, -0.25) is 0 Å². The maximum Gasteiger partial charge on any atom is 0.124 e. The summed E-state index contributed by atoms with van der Waals surface area (Å²) in [6.45, 7) is 4.41. The number of aliphatic hydroxyl groups is 1. The number of methoxy groups -OCH3 is 2. The van der Waals surface area contributed by atoms with Crippen molar-refractivity contribution in [3.05, 3.63) is 65.0 Å². The molecule has 3 unspecified atom stereocenters. The summed E-state index contributed by atoms with van der Waals surface area (Å²) >= 11 is 0. The van der Waals surface area contributed by atoms with Crippen molar-refractivity contribution >= 4 is 0 Å². The number of hydrogen-bond donors (Lipinski definition) is 2. The first-order chi connectivity index (χ1) is 12.0. The van der Waals surface area contributed by atoms with Gasteiger partial charge in [-0.05, 0) is 49.2 Å². The minimum atomic E-state index is -0.722. The Morgan fingerprint density at radius 2 is 1.68 bits per heavy atom. The molecule has 136 valence electrons. The molecule has 0 aliphatic carbocycles. The second-order valence-electron chi connectivity index (χ2n) is 6.18. The maximum atomic E-state index is 13.0. The van der Waals surface area contributed by atoms with E-state index in [9.17, 15) is 9.50 Å². The predicted molar refractivity (Wildman–Crippen MR) is 96.1 cm³/mol. The predicted octanol–water partition coefficient (Wildman–Crippen LogP) is 3.75. The molecular weight excluding hydrogens is 321 g/mol. The van der Waals surface area contributed by atoms with Crippen LogP contribution in [0.1, 0.15) is 42.7 Å². The summed E-state index contributed by atoms with van der Waals surface area (Å²) in [5.74, 6) is 0.478. The lowest BCUT2D eigenvalue weighted by Crippen LogP contribution is -2.34. The van der Waals surface area contributed by atoms with Gasteiger partial charge in [-0.2, -0.15) is 0 Å². The first-order valence-corrected chi connectivity index (χ1v) is 8.31. The van der Waals surface area contributed by atoms with Gasteiger partial charge in [-0.15, -0.1) is 0 Å². The van der Waals surface area contributed by atoms with Gasteiger partial charge in [0.25, 0.3) is 0 Å². The van der Waals surface area contributed by atoms with Gasteiger partial charge in [-0.1, -0.05) is 18.2 Å². The molecule has 0 bridgehead atoms. The first-order valence-electron chi connectivity index (χ1n) is 8.31. The molecule has 0 radical (unpaired) electrons. The van der Waals surface area contributed by atoms with E-state index >= 15 is 0 Å². The first kappa shape index (κ1) is 19.4.